The predicted octanol–water partition coefficient (Wildman–Crippen LogP) is 4.84. The molecule has 3 rings (SSSR count). The number of unbranched alkanes of at least 4 members (excludes halogenated alkanes) is 3. The minimum absolute atomic E-state index is 0.0304. The van der Waals surface area contributed by atoms with Crippen LogP contribution in [-0.2, 0) is 14.4 Å². The van der Waals surface area contributed by atoms with E-state index < -0.39 is 29.1 Å². The van der Waals surface area contributed by atoms with Gasteiger partial charge in [-0.2, -0.15) is 0 Å². The lowest BCUT2D eigenvalue weighted by molar-refractivity contribution is -0.145. The Kier molecular flexibility index (Phi) is 9.48. The molecule has 2 unspecified atom stereocenters. The molecule has 0 aromatic rings. The van der Waals surface area contributed by atoms with Gasteiger partial charge in [-0.3, -0.25) is 14.4 Å². The third kappa shape index (κ3) is 6.04. The molecule has 0 aromatic carbocycles. The second-order valence-electron chi connectivity index (χ2n) is 10.8. The highest BCUT2D eigenvalue weighted by Gasteiger charge is 2.54. The molecular weight excluding hydrogens is 470 g/mol. The van der Waals surface area contributed by atoms with E-state index in [-0.39, 0.29) is 29.5 Å². The van der Waals surface area contributed by atoms with E-state index in [2.05, 4.69) is 13.0 Å². The molecule has 0 spiro atoms. The van der Waals surface area contributed by atoms with Crippen molar-refractivity contribution in [1.82, 2.24) is 4.90 Å². The van der Waals surface area contributed by atoms with E-state index in [0.717, 1.165) is 43.3 Å². The van der Waals surface area contributed by atoms with Gasteiger partial charge in [-0.05, 0) is 87.9 Å². The van der Waals surface area contributed by atoms with E-state index in [9.17, 15) is 29.7 Å². The third-order valence-electron chi connectivity index (χ3n) is 7.95. The average Bonchev–Trinajstić information content (AvgIpc) is 3.06. The number of rotatable bonds is 10. The summed E-state index contributed by atoms with van der Waals surface area (Å²) in [5, 5.41) is 33.3. The molecule has 0 bridgehead atoms. The largest absolute Gasteiger partial charge is 0.509 e. The molecule has 0 aliphatic heterocycles. The van der Waals surface area contributed by atoms with Crippen LogP contribution in [0.3, 0.4) is 0 Å². The molecule has 0 radical (unpaired) electrons. The molecule has 0 saturated heterocycles. The van der Waals surface area contributed by atoms with Gasteiger partial charge in [-0.1, -0.05) is 38.3 Å². The third-order valence-corrected chi connectivity index (χ3v) is 7.95. The highest BCUT2D eigenvalue weighted by molar-refractivity contribution is 5.99. The molecule has 3 aliphatic rings. The first-order valence-corrected chi connectivity index (χ1v) is 13.4. The lowest BCUT2D eigenvalue weighted by Gasteiger charge is -2.43. The molecule has 0 saturated carbocycles. The van der Waals surface area contributed by atoms with Gasteiger partial charge < -0.3 is 20.2 Å². The first-order chi connectivity index (χ1) is 17.5. The molecule has 0 heterocycles. The molecular formula is C30H41NO6. The van der Waals surface area contributed by atoms with Crippen molar-refractivity contribution in [3.8, 4) is 0 Å². The minimum atomic E-state index is -2.09. The van der Waals surface area contributed by atoms with Crippen LogP contribution in [0.5, 0.6) is 0 Å². The fourth-order valence-corrected chi connectivity index (χ4v) is 6.02. The summed E-state index contributed by atoms with van der Waals surface area (Å²) < 4.78 is 0. The van der Waals surface area contributed by atoms with Gasteiger partial charge in [0.2, 0.25) is 0 Å². The van der Waals surface area contributed by atoms with Gasteiger partial charge in [0.25, 0.3) is 0 Å². The van der Waals surface area contributed by atoms with Gasteiger partial charge >= 0.3 is 0 Å². The van der Waals surface area contributed by atoms with Crippen LogP contribution in [0, 0.1) is 11.8 Å². The highest BCUT2D eigenvalue weighted by Crippen LogP contribution is 2.46. The number of carbonyl (C=O) groups excluding carboxylic acids is 3. The SMILES string of the molecule is CCCCCCC1=CCC=C(O)C(C(C)=O)=C1CC1C=C(O)[C@]2(O)C(=O)CC(C=O)=C[C@@H](N(C)C)C2C1. The Morgan fingerprint density at radius 2 is 1.89 bits per heavy atom. The summed E-state index contributed by atoms with van der Waals surface area (Å²) in [6.07, 6.45) is 13.7. The number of ketones is 2. The number of aliphatic hydroxyl groups is 3. The summed E-state index contributed by atoms with van der Waals surface area (Å²) in [5.74, 6) is -2.23. The fourth-order valence-electron chi connectivity index (χ4n) is 6.02. The maximum atomic E-state index is 13.1. The predicted molar refractivity (Wildman–Crippen MR) is 143 cm³/mol. The van der Waals surface area contributed by atoms with Crippen molar-refractivity contribution in [3.63, 3.8) is 0 Å². The van der Waals surface area contributed by atoms with Gasteiger partial charge in [0.05, 0.1) is 5.57 Å². The minimum Gasteiger partial charge on any atom is -0.509 e. The Bertz CT molecular complexity index is 1080. The first-order valence-electron chi connectivity index (χ1n) is 13.4. The lowest BCUT2D eigenvalue weighted by Crippen LogP contribution is -2.56. The first kappa shape index (κ1) is 28.8. The van der Waals surface area contributed by atoms with Crippen molar-refractivity contribution in [2.75, 3.05) is 14.1 Å². The van der Waals surface area contributed by atoms with Gasteiger partial charge in [-0.25, -0.2) is 0 Å². The second kappa shape index (κ2) is 12.2. The number of allylic oxidation sites excluding steroid dienone is 7. The van der Waals surface area contributed by atoms with Crippen LogP contribution in [0.2, 0.25) is 0 Å². The number of fused-ring (bicyclic) bond motifs is 1. The summed E-state index contributed by atoms with van der Waals surface area (Å²) >= 11 is 0. The molecule has 0 fully saturated rings. The van der Waals surface area contributed by atoms with Crippen LogP contribution in [0.4, 0.5) is 0 Å². The maximum absolute atomic E-state index is 13.1. The fraction of sp³-hybridized carbons (Fsp3) is 0.567. The van der Waals surface area contributed by atoms with Crippen LogP contribution < -0.4 is 0 Å². The van der Waals surface area contributed by atoms with E-state index in [0.29, 0.717) is 31.1 Å². The number of carbonyl (C=O) groups is 3. The summed E-state index contributed by atoms with van der Waals surface area (Å²) in [6.45, 7) is 3.60. The van der Waals surface area contributed by atoms with Crippen LogP contribution in [0.15, 0.2) is 58.1 Å². The zero-order valence-electron chi connectivity index (χ0n) is 22.5. The number of Topliss-reactive ketones (excluding diaryl/α,β-unsaturated/α-hetero) is 2. The zero-order valence-corrected chi connectivity index (χ0v) is 22.5. The molecule has 3 aliphatic carbocycles. The molecule has 0 aromatic heterocycles. The zero-order chi connectivity index (χ0) is 27.3. The van der Waals surface area contributed by atoms with E-state index >= 15 is 0 Å². The van der Waals surface area contributed by atoms with Crippen molar-refractivity contribution >= 4 is 17.9 Å². The van der Waals surface area contributed by atoms with Gasteiger partial charge in [0.1, 0.15) is 17.8 Å². The molecule has 4 atom stereocenters. The van der Waals surface area contributed by atoms with Crippen LogP contribution in [-0.4, -0.2) is 63.8 Å². The molecule has 37 heavy (non-hydrogen) atoms. The summed E-state index contributed by atoms with van der Waals surface area (Å²) in [4.78, 5) is 39.2. The summed E-state index contributed by atoms with van der Waals surface area (Å²) in [7, 11) is 3.62. The van der Waals surface area contributed by atoms with Crippen LogP contribution in [0.1, 0.15) is 71.6 Å². The van der Waals surface area contributed by atoms with E-state index in [1.54, 1.807) is 12.2 Å². The van der Waals surface area contributed by atoms with Crippen molar-refractivity contribution in [2.24, 2.45) is 11.8 Å². The average molecular weight is 512 g/mol. The molecule has 7 nitrogen and oxygen atoms in total. The van der Waals surface area contributed by atoms with Gasteiger partial charge in [-0.15, -0.1) is 0 Å². The van der Waals surface area contributed by atoms with Crippen molar-refractivity contribution in [1.29, 1.82) is 0 Å². The maximum Gasteiger partial charge on any atom is 0.184 e. The lowest BCUT2D eigenvalue weighted by atomic mass is 9.67. The van der Waals surface area contributed by atoms with Crippen molar-refractivity contribution in [2.45, 2.75) is 83.3 Å². The molecule has 202 valence electrons. The van der Waals surface area contributed by atoms with Crippen molar-refractivity contribution in [3.05, 3.63) is 58.1 Å². The Morgan fingerprint density at radius 3 is 2.51 bits per heavy atom. The van der Waals surface area contributed by atoms with Gasteiger partial charge in [0.15, 0.2) is 17.2 Å². The monoisotopic (exact) mass is 511 g/mol. The molecule has 0 amide bonds. The van der Waals surface area contributed by atoms with E-state index in [1.165, 1.54) is 13.0 Å². The van der Waals surface area contributed by atoms with Gasteiger partial charge in [0, 0.05) is 18.4 Å². The number of aldehydes is 1. The Balaban J connectivity index is 2.03. The van der Waals surface area contributed by atoms with Crippen LogP contribution >= 0.6 is 0 Å². The topological polar surface area (TPSA) is 115 Å². The quantitative estimate of drug-likeness (QED) is 0.284. The van der Waals surface area contributed by atoms with Crippen LogP contribution in [0.25, 0.3) is 0 Å². The van der Waals surface area contributed by atoms with E-state index in [1.807, 2.05) is 19.0 Å². The standard InChI is InChI=1S/C30H41NO6/c1-5-6-7-8-10-22-11-9-12-26(34)29(19(2)33)23(22)13-20-14-24-25(31(3)4)15-21(18-32)17-28(36)30(24,37)27(35)16-20/h11-12,15-16,18,20,24-25,34-35,37H,5-10,13-14,17H2,1-4H3/t20?,24?,25-,30+/m1/s1. The summed E-state index contributed by atoms with van der Waals surface area (Å²) in [5.41, 5.74) is 0.292. The Morgan fingerprint density at radius 1 is 1.16 bits per heavy atom. The summed E-state index contributed by atoms with van der Waals surface area (Å²) in [6, 6.07) is -0.456. The number of aliphatic hydroxyl groups excluding tert-OH is 2. The number of hydrogen-bond donors (Lipinski definition) is 3. The molecule has 3 N–H and O–H groups in total. The Hall–Kier alpha value is -2.77. The highest BCUT2D eigenvalue weighted by atomic mass is 16.3. The number of likely N-dealkylation sites (N-methyl/N-ethyl adjacent to an activating group) is 1. The second-order valence-corrected chi connectivity index (χ2v) is 10.8. The van der Waals surface area contributed by atoms with Crippen molar-refractivity contribution < 1.29 is 29.7 Å². The number of hydrogen-bond acceptors (Lipinski definition) is 7. The van der Waals surface area contributed by atoms with E-state index in [4.69, 9.17) is 0 Å². The smallest absolute Gasteiger partial charge is 0.184 e. The normalized spacial score (nSPS) is 28.5. The molecule has 7 heteroatoms. The Labute approximate surface area is 219 Å². The number of nitrogens with zero attached hydrogens (tertiary/aromatic N) is 1.